The van der Waals surface area contributed by atoms with Gasteiger partial charge in [-0.15, -0.1) is 0 Å². The Bertz CT molecular complexity index is 3480. The van der Waals surface area contributed by atoms with Crippen molar-refractivity contribution >= 4 is 55.7 Å². The Morgan fingerprint density at radius 3 is 1.53 bits per heavy atom. The molecule has 0 N–H and O–H groups in total. The third kappa shape index (κ3) is 6.49. The number of benzene rings is 11. The topological polar surface area (TPSA) is 6.48 Å². The first-order valence-electron chi connectivity index (χ1n) is 22.8. The van der Waals surface area contributed by atoms with Crippen molar-refractivity contribution in [2.45, 2.75) is 12.3 Å². The van der Waals surface area contributed by atoms with Gasteiger partial charge in [-0.05, 0) is 134 Å². The van der Waals surface area contributed by atoms with Crippen LogP contribution in [-0.4, -0.2) is 0 Å². The van der Waals surface area contributed by atoms with Crippen molar-refractivity contribution in [1.29, 1.82) is 0 Å². The number of para-hydroxylation sites is 1. The quantitative estimate of drug-likeness (QED) is 0.143. The van der Waals surface area contributed by atoms with Gasteiger partial charge in [-0.3, -0.25) is 0 Å². The van der Waals surface area contributed by atoms with E-state index < -0.39 is 5.41 Å². The molecule has 0 aliphatic heterocycles. The highest BCUT2D eigenvalue weighted by Crippen LogP contribution is 2.57. The number of anilines is 6. The molecule has 11 aromatic carbocycles. The lowest BCUT2D eigenvalue weighted by molar-refractivity contribution is 0.768. The number of hydrogen-bond donors (Lipinski definition) is 0. The molecule has 0 fully saturated rings. The largest absolute Gasteiger partial charge is 0.310 e. The average molecular weight is 843 g/mol. The van der Waals surface area contributed by atoms with Crippen LogP contribution in [0.15, 0.2) is 261 Å². The third-order valence-corrected chi connectivity index (χ3v) is 13.6. The smallest absolute Gasteiger partial charge is 0.0714 e. The number of rotatable bonds is 9. The van der Waals surface area contributed by atoms with E-state index in [0.29, 0.717) is 0 Å². The summed E-state index contributed by atoms with van der Waals surface area (Å²) in [6.07, 6.45) is 0. The van der Waals surface area contributed by atoms with Crippen molar-refractivity contribution < 1.29 is 0 Å². The van der Waals surface area contributed by atoms with Crippen molar-refractivity contribution in [2.75, 3.05) is 9.80 Å². The molecule has 0 heterocycles. The molecule has 312 valence electrons. The molecule has 0 spiro atoms. The minimum atomic E-state index is -0.493. The van der Waals surface area contributed by atoms with Crippen molar-refractivity contribution in [3.63, 3.8) is 0 Å². The van der Waals surface area contributed by atoms with Gasteiger partial charge in [-0.25, -0.2) is 0 Å². The second-order valence-electron chi connectivity index (χ2n) is 17.4. The summed E-state index contributed by atoms with van der Waals surface area (Å²) in [5.74, 6) is 0. The predicted octanol–water partition coefficient (Wildman–Crippen LogP) is 17.3. The van der Waals surface area contributed by atoms with E-state index >= 15 is 0 Å². The average Bonchev–Trinajstić information content (AvgIpc) is 3.68. The lowest BCUT2D eigenvalue weighted by Crippen LogP contribution is -2.28. The standard InChI is InChI=1S/C64H46N2/c1-45-29-34-53(35-30-45)66(54-38-31-46-17-11-12-18-48(46)43-54)63-42-41-56(57-25-13-14-27-60(57)63)47-32-36-52(37-33-47)65(51-23-9-4-10-24-51)55-39-40-59-58-26-15-16-28-61(58)64(62(59)44-55,49-19-5-2-6-20-49)50-21-7-3-8-22-50/h2-44H,1H3. The third-order valence-electron chi connectivity index (χ3n) is 13.6. The summed E-state index contributed by atoms with van der Waals surface area (Å²) in [5, 5.41) is 4.85. The van der Waals surface area contributed by atoms with Crippen molar-refractivity contribution in [2.24, 2.45) is 0 Å². The van der Waals surface area contributed by atoms with Crippen LogP contribution in [0.4, 0.5) is 34.1 Å². The Morgan fingerprint density at radius 1 is 0.303 bits per heavy atom. The SMILES string of the molecule is Cc1ccc(N(c2ccc3ccccc3c2)c2ccc(-c3ccc(N(c4ccccc4)c4ccc5c(c4)C(c4ccccc4)(c4ccccc4)c4ccccc4-5)cc3)c3ccccc23)cc1. The van der Waals surface area contributed by atoms with Gasteiger partial charge in [0, 0.05) is 33.8 Å². The van der Waals surface area contributed by atoms with Crippen LogP contribution in [0.3, 0.4) is 0 Å². The Kier molecular flexibility index (Phi) is 9.65. The van der Waals surface area contributed by atoms with Crippen molar-refractivity contribution in [3.05, 3.63) is 289 Å². The Balaban J connectivity index is 0.981. The van der Waals surface area contributed by atoms with Crippen LogP contribution < -0.4 is 9.80 Å². The van der Waals surface area contributed by atoms with Gasteiger partial charge in [0.25, 0.3) is 0 Å². The molecule has 0 radical (unpaired) electrons. The van der Waals surface area contributed by atoms with Crippen LogP contribution in [-0.2, 0) is 5.41 Å². The molecule has 0 atom stereocenters. The van der Waals surface area contributed by atoms with Crippen molar-refractivity contribution in [3.8, 4) is 22.3 Å². The molecule has 0 saturated heterocycles. The Labute approximate surface area is 386 Å². The van der Waals surface area contributed by atoms with E-state index in [9.17, 15) is 0 Å². The monoisotopic (exact) mass is 842 g/mol. The number of hydrogen-bond acceptors (Lipinski definition) is 2. The highest BCUT2D eigenvalue weighted by molar-refractivity contribution is 6.07. The minimum absolute atomic E-state index is 0.493. The van der Waals surface area contributed by atoms with E-state index in [1.54, 1.807) is 0 Å². The summed E-state index contributed by atoms with van der Waals surface area (Å²) in [7, 11) is 0. The lowest BCUT2D eigenvalue weighted by Gasteiger charge is -2.35. The molecule has 12 rings (SSSR count). The van der Waals surface area contributed by atoms with Crippen LogP contribution in [0, 0.1) is 6.92 Å². The van der Waals surface area contributed by atoms with Gasteiger partial charge in [0.15, 0.2) is 0 Å². The van der Waals surface area contributed by atoms with Crippen LogP contribution >= 0.6 is 0 Å². The summed E-state index contributed by atoms with van der Waals surface area (Å²) in [4.78, 5) is 4.80. The summed E-state index contributed by atoms with van der Waals surface area (Å²) >= 11 is 0. The number of aryl methyl sites for hydroxylation is 1. The molecule has 1 aliphatic rings. The molecule has 0 unspecified atom stereocenters. The van der Waals surface area contributed by atoms with Crippen LogP contribution in [0.1, 0.15) is 27.8 Å². The first-order chi connectivity index (χ1) is 32.6. The van der Waals surface area contributed by atoms with Gasteiger partial charge in [0.1, 0.15) is 0 Å². The second-order valence-corrected chi connectivity index (χ2v) is 17.4. The molecule has 2 nitrogen and oxygen atoms in total. The normalized spacial score (nSPS) is 12.4. The van der Waals surface area contributed by atoms with Crippen LogP contribution in [0.25, 0.3) is 43.8 Å². The Morgan fingerprint density at radius 2 is 0.803 bits per heavy atom. The second kappa shape index (κ2) is 16.3. The molecule has 0 aromatic heterocycles. The fourth-order valence-electron chi connectivity index (χ4n) is 10.6. The predicted molar refractivity (Wildman–Crippen MR) is 278 cm³/mol. The van der Waals surface area contributed by atoms with Gasteiger partial charge in [-0.1, -0.05) is 200 Å². The van der Waals surface area contributed by atoms with Gasteiger partial charge in [-0.2, -0.15) is 0 Å². The van der Waals surface area contributed by atoms with E-state index in [-0.39, 0.29) is 0 Å². The van der Waals surface area contributed by atoms with E-state index in [4.69, 9.17) is 0 Å². The van der Waals surface area contributed by atoms with E-state index in [1.165, 1.54) is 71.6 Å². The maximum absolute atomic E-state index is 2.44. The summed E-state index contributed by atoms with van der Waals surface area (Å²) < 4.78 is 0. The highest BCUT2D eigenvalue weighted by atomic mass is 15.1. The minimum Gasteiger partial charge on any atom is -0.310 e. The van der Waals surface area contributed by atoms with Crippen molar-refractivity contribution in [1.82, 2.24) is 0 Å². The van der Waals surface area contributed by atoms with Gasteiger partial charge in [0.2, 0.25) is 0 Å². The van der Waals surface area contributed by atoms with E-state index in [1.807, 2.05) is 0 Å². The molecule has 66 heavy (non-hydrogen) atoms. The van der Waals surface area contributed by atoms with E-state index in [2.05, 4.69) is 278 Å². The highest BCUT2D eigenvalue weighted by Gasteiger charge is 2.46. The fourth-order valence-corrected chi connectivity index (χ4v) is 10.6. The summed E-state index contributed by atoms with van der Waals surface area (Å²) in [6.45, 7) is 2.14. The molecular formula is C64H46N2. The zero-order chi connectivity index (χ0) is 44.0. The zero-order valence-electron chi connectivity index (χ0n) is 36.7. The van der Waals surface area contributed by atoms with Gasteiger partial charge >= 0.3 is 0 Å². The Hall–Kier alpha value is -8.46. The molecular weight excluding hydrogens is 797 g/mol. The number of nitrogens with zero attached hydrogens (tertiary/aromatic N) is 2. The van der Waals surface area contributed by atoms with Crippen LogP contribution in [0.2, 0.25) is 0 Å². The van der Waals surface area contributed by atoms with Crippen LogP contribution in [0.5, 0.6) is 0 Å². The zero-order valence-corrected chi connectivity index (χ0v) is 36.7. The first-order valence-corrected chi connectivity index (χ1v) is 22.8. The molecule has 0 saturated carbocycles. The molecule has 0 bridgehead atoms. The first kappa shape index (κ1) is 39.2. The van der Waals surface area contributed by atoms with Gasteiger partial charge in [0.05, 0.1) is 11.1 Å². The summed E-state index contributed by atoms with van der Waals surface area (Å²) in [5.41, 5.74) is 17.4. The molecule has 11 aromatic rings. The fraction of sp³-hybridized carbons (Fsp3) is 0.0312. The van der Waals surface area contributed by atoms with E-state index in [0.717, 1.165) is 34.1 Å². The molecule has 1 aliphatic carbocycles. The maximum atomic E-state index is 2.44. The maximum Gasteiger partial charge on any atom is 0.0714 e. The number of fused-ring (bicyclic) bond motifs is 5. The molecule has 0 amide bonds. The van der Waals surface area contributed by atoms with Gasteiger partial charge < -0.3 is 9.80 Å². The molecule has 2 heteroatoms. The lowest BCUT2D eigenvalue weighted by atomic mass is 9.67. The summed E-state index contributed by atoms with van der Waals surface area (Å²) in [6, 6.07) is 95.7.